The van der Waals surface area contributed by atoms with Crippen LogP contribution < -0.4 is 10.6 Å². The molecule has 1 rings (SSSR count). The van der Waals surface area contributed by atoms with Crippen molar-refractivity contribution in [1.29, 1.82) is 0 Å². The van der Waals surface area contributed by atoms with Crippen molar-refractivity contribution in [2.24, 2.45) is 5.73 Å². The van der Waals surface area contributed by atoms with E-state index in [0.29, 0.717) is 6.54 Å². The monoisotopic (exact) mass is 172 g/mol. The van der Waals surface area contributed by atoms with Gasteiger partial charge in [-0.05, 0) is 6.92 Å². The molecular formula is C6H12N4S. The predicted molar refractivity (Wildman–Crippen MR) is 47.0 cm³/mol. The SMILES string of the molecule is Cc1nnc(N(C)CCN)s1. The molecule has 11 heavy (non-hydrogen) atoms. The normalized spacial score (nSPS) is 10.1. The Morgan fingerprint density at radius 3 is 2.73 bits per heavy atom. The molecule has 0 bridgehead atoms. The molecule has 0 saturated heterocycles. The Bertz CT molecular complexity index is 222. The largest absolute Gasteiger partial charge is 0.348 e. The van der Waals surface area contributed by atoms with Gasteiger partial charge in [0.2, 0.25) is 5.13 Å². The maximum atomic E-state index is 5.39. The molecule has 0 aliphatic rings. The first-order valence-corrected chi connectivity index (χ1v) is 4.27. The van der Waals surface area contributed by atoms with Gasteiger partial charge in [-0.3, -0.25) is 0 Å². The van der Waals surface area contributed by atoms with Gasteiger partial charge in [0.15, 0.2) is 0 Å². The minimum Gasteiger partial charge on any atom is -0.348 e. The van der Waals surface area contributed by atoms with E-state index >= 15 is 0 Å². The third kappa shape index (κ3) is 2.13. The van der Waals surface area contributed by atoms with E-state index < -0.39 is 0 Å². The van der Waals surface area contributed by atoms with Gasteiger partial charge in [-0.2, -0.15) is 0 Å². The van der Waals surface area contributed by atoms with E-state index in [-0.39, 0.29) is 0 Å². The van der Waals surface area contributed by atoms with Crippen LogP contribution in [0.15, 0.2) is 0 Å². The molecule has 0 fully saturated rings. The molecular weight excluding hydrogens is 160 g/mol. The lowest BCUT2D eigenvalue weighted by Gasteiger charge is -2.12. The molecule has 0 spiro atoms. The molecule has 0 unspecified atom stereocenters. The van der Waals surface area contributed by atoms with Crippen molar-refractivity contribution in [2.45, 2.75) is 6.92 Å². The first-order chi connectivity index (χ1) is 5.24. The second-order valence-electron chi connectivity index (χ2n) is 2.31. The number of nitrogens with two attached hydrogens (primary N) is 1. The van der Waals surface area contributed by atoms with Crippen LogP contribution in [0, 0.1) is 6.92 Å². The van der Waals surface area contributed by atoms with E-state index in [1.165, 1.54) is 0 Å². The van der Waals surface area contributed by atoms with Crippen LogP contribution >= 0.6 is 11.3 Å². The molecule has 0 radical (unpaired) electrons. The first-order valence-electron chi connectivity index (χ1n) is 3.45. The van der Waals surface area contributed by atoms with E-state index in [0.717, 1.165) is 16.7 Å². The Morgan fingerprint density at radius 1 is 1.55 bits per heavy atom. The third-order valence-corrected chi connectivity index (χ3v) is 2.26. The summed E-state index contributed by atoms with van der Waals surface area (Å²) >= 11 is 1.58. The quantitative estimate of drug-likeness (QED) is 0.709. The Kier molecular flexibility index (Phi) is 2.78. The van der Waals surface area contributed by atoms with E-state index in [2.05, 4.69) is 10.2 Å². The molecule has 4 nitrogen and oxygen atoms in total. The average Bonchev–Trinajstić information content (AvgIpc) is 2.36. The summed E-state index contributed by atoms with van der Waals surface area (Å²) in [4.78, 5) is 2.00. The summed E-state index contributed by atoms with van der Waals surface area (Å²) in [6, 6.07) is 0. The van der Waals surface area contributed by atoms with Crippen LogP contribution in [0.1, 0.15) is 5.01 Å². The smallest absolute Gasteiger partial charge is 0.208 e. The molecule has 0 atom stereocenters. The number of rotatable bonds is 3. The lowest BCUT2D eigenvalue weighted by molar-refractivity contribution is 0.865. The number of anilines is 1. The Labute approximate surface area is 70.0 Å². The summed E-state index contributed by atoms with van der Waals surface area (Å²) in [6.45, 7) is 3.42. The molecule has 0 amide bonds. The molecule has 1 aromatic rings. The molecule has 5 heteroatoms. The van der Waals surface area contributed by atoms with Crippen molar-refractivity contribution >= 4 is 16.5 Å². The Morgan fingerprint density at radius 2 is 2.27 bits per heavy atom. The van der Waals surface area contributed by atoms with Gasteiger partial charge in [0.1, 0.15) is 5.01 Å². The van der Waals surface area contributed by atoms with E-state index in [4.69, 9.17) is 5.73 Å². The van der Waals surface area contributed by atoms with Crippen LogP contribution in [-0.4, -0.2) is 30.3 Å². The van der Waals surface area contributed by atoms with E-state index in [1.54, 1.807) is 11.3 Å². The van der Waals surface area contributed by atoms with Crippen molar-refractivity contribution in [3.05, 3.63) is 5.01 Å². The molecule has 0 aliphatic carbocycles. The molecule has 0 saturated carbocycles. The maximum Gasteiger partial charge on any atom is 0.208 e. The van der Waals surface area contributed by atoms with Gasteiger partial charge in [-0.1, -0.05) is 11.3 Å². The summed E-state index contributed by atoms with van der Waals surface area (Å²) in [7, 11) is 1.97. The molecule has 0 aromatic carbocycles. The van der Waals surface area contributed by atoms with Crippen LogP contribution in [0.5, 0.6) is 0 Å². The van der Waals surface area contributed by atoms with Gasteiger partial charge in [-0.25, -0.2) is 0 Å². The topological polar surface area (TPSA) is 55.0 Å². The second kappa shape index (κ2) is 3.64. The predicted octanol–water partition coefficient (Wildman–Crippen LogP) is 0.241. The van der Waals surface area contributed by atoms with Crippen molar-refractivity contribution in [2.75, 3.05) is 25.0 Å². The zero-order valence-corrected chi connectivity index (χ0v) is 7.56. The summed E-state index contributed by atoms with van der Waals surface area (Å²) in [6.07, 6.45) is 0. The second-order valence-corrected chi connectivity index (χ2v) is 3.47. The molecule has 1 heterocycles. The van der Waals surface area contributed by atoms with Crippen LogP contribution in [0.25, 0.3) is 0 Å². The van der Waals surface area contributed by atoms with Gasteiger partial charge >= 0.3 is 0 Å². The minimum absolute atomic E-state index is 0.648. The zero-order valence-electron chi connectivity index (χ0n) is 6.74. The van der Waals surface area contributed by atoms with Gasteiger partial charge in [-0.15, -0.1) is 10.2 Å². The highest BCUT2D eigenvalue weighted by molar-refractivity contribution is 7.15. The van der Waals surface area contributed by atoms with Gasteiger partial charge in [0, 0.05) is 20.1 Å². The highest BCUT2D eigenvalue weighted by Gasteiger charge is 2.03. The van der Waals surface area contributed by atoms with Crippen molar-refractivity contribution in [3.63, 3.8) is 0 Å². The van der Waals surface area contributed by atoms with E-state index in [1.807, 2.05) is 18.9 Å². The number of aromatic nitrogens is 2. The highest BCUT2D eigenvalue weighted by atomic mass is 32.1. The standard InChI is InChI=1S/C6H12N4S/c1-5-8-9-6(11-5)10(2)4-3-7/h3-4,7H2,1-2H3. The molecule has 1 aromatic heterocycles. The van der Waals surface area contributed by atoms with Gasteiger partial charge in [0.05, 0.1) is 0 Å². The van der Waals surface area contributed by atoms with Crippen LogP contribution in [0.4, 0.5) is 5.13 Å². The fourth-order valence-corrected chi connectivity index (χ4v) is 1.40. The minimum atomic E-state index is 0.648. The average molecular weight is 172 g/mol. The molecule has 2 N–H and O–H groups in total. The number of aryl methyl sites for hydroxylation is 1. The van der Waals surface area contributed by atoms with Gasteiger partial charge < -0.3 is 10.6 Å². The molecule has 0 aliphatic heterocycles. The van der Waals surface area contributed by atoms with Crippen molar-refractivity contribution in [3.8, 4) is 0 Å². The number of hydrogen-bond donors (Lipinski definition) is 1. The lowest BCUT2D eigenvalue weighted by atomic mass is 10.6. The summed E-state index contributed by atoms with van der Waals surface area (Å²) in [5.74, 6) is 0. The Balaban J connectivity index is 2.60. The van der Waals surface area contributed by atoms with Crippen molar-refractivity contribution in [1.82, 2.24) is 10.2 Å². The zero-order chi connectivity index (χ0) is 8.27. The number of hydrogen-bond acceptors (Lipinski definition) is 5. The fraction of sp³-hybridized carbons (Fsp3) is 0.667. The van der Waals surface area contributed by atoms with Crippen LogP contribution in [-0.2, 0) is 0 Å². The summed E-state index contributed by atoms with van der Waals surface area (Å²) < 4.78 is 0. The number of nitrogens with zero attached hydrogens (tertiary/aromatic N) is 3. The van der Waals surface area contributed by atoms with Crippen LogP contribution in [0.2, 0.25) is 0 Å². The summed E-state index contributed by atoms with van der Waals surface area (Å²) in [5.41, 5.74) is 5.39. The number of likely N-dealkylation sites (N-methyl/N-ethyl adjacent to an activating group) is 1. The summed E-state index contributed by atoms with van der Waals surface area (Å²) in [5, 5.41) is 9.81. The Hall–Kier alpha value is -0.680. The third-order valence-electron chi connectivity index (χ3n) is 1.31. The highest BCUT2D eigenvalue weighted by Crippen LogP contribution is 2.16. The fourth-order valence-electron chi connectivity index (χ4n) is 0.730. The molecule has 62 valence electrons. The van der Waals surface area contributed by atoms with Crippen molar-refractivity contribution < 1.29 is 0 Å². The van der Waals surface area contributed by atoms with Crippen LogP contribution in [0.3, 0.4) is 0 Å². The maximum absolute atomic E-state index is 5.39. The van der Waals surface area contributed by atoms with E-state index in [9.17, 15) is 0 Å². The first kappa shape index (κ1) is 8.42. The van der Waals surface area contributed by atoms with Gasteiger partial charge in [0.25, 0.3) is 0 Å². The lowest BCUT2D eigenvalue weighted by Crippen LogP contribution is -2.24.